The molecule has 6 heteroatoms. The van der Waals surface area contributed by atoms with Crippen LogP contribution in [0.4, 0.5) is 0 Å². The Balaban J connectivity index is 2.08. The van der Waals surface area contributed by atoms with Crippen molar-refractivity contribution in [2.75, 3.05) is 6.54 Å². The fourth-order valence-electron chi connectivity index (χ4n) is 1.70. The van der Waals surface area contributed by atoms with E-state index in [1.165, 1.54) is 16.4 Å². The monoisotopic (exact) mass is 251 g/mol. The summed E-state index contributed by atoms with van der Waals surface area (Å²) >= 11 is 1.45. The van der Waals surface area contributed by atoms with E-state index in [0.717, 1.165) is 25.2 Å². The lowest BCUT2D eigenvalue weighted by molar-refractivity contribution is 0.518. The van der Waals surface area contributed by atoms with Gasteiger partial charge in [0.25, 0.3) is 0 Å². The van der Waals surface area contributed by atoms with Crippen molar-refractivity contribution in [2.45, 2.75) is 25.8 Å². The molecule has 0 aliphatic heterocycles. The highest BCUT2D eigenvalue weighted by atomic mass is 32.1. The third-order valence-electron chi connectivity index (χ3n) is 2.67. The molecule has 2 aromatic heterocycles. The third-order valence-corrected chi connectivity index (χ3v) is 3.45. The molecule has 17 heavy (non-hydrogen) atoms. The predicted octanol–water partition coefficient (Wildman–Crippen LogP) is 1.55. The van der Waals surface area contributed by atoms with Gasteiger partial charge in [0, 0.05) is 25.9 Å². The topological polar surface area (TPSA) is 55.6 Å². The van der Waals surface area contributed by atoms with E-state index in [9.17, 15) is 0 Å². The van der Waals surface area contributed by atoms with Gasteiger partial charge in [0.05, 0.1) is 17.1 Å². The summed E-state index contributed by atoms with van der Waals surface area (Å²) < 4.78 is 5.98. The van der Waals surface area contributed by atoms with Gasteiger partial charge in [0.1, 0.15) is 5.82 Å². The van der Waals surface area contributed by atoms with Crippen LogP contribution in [-0.2, 0) is 13.5 Å². The van der Waals surface area contributed by atoms with Crippen molar-refractivity contribution in [1.82, 2.24) is 24.5 Å². The zero-order valence-electron chi connectivity index (χ0n) is 10.1. The Morgan fingerprint density at radius 3 is 3.00 bits per heavy atom. The quantitative estimate of drug-likeness (QED) is 0.846. The summed E-state index contributed by atoms with van der Waals surface area (Å²) in [6, 6.07) is 0.260. The van der Waals surface area contributed by atoms with Crippen LogP contribution in [0.3, 0.4) is 0 Å². The Morgan fingerprint density at radius 1 is 1.53 bits per heavy atom. The maximum Gasteiger partial charge on any atom is 0.110 e. The summed E-state index contributed by atoms with van der Waals surface area (Å²) in [5.74, 6) is 1.08. The zero-order valence-corrected chi connectivity index (χ0v) is 10.9. The van der Waals surface area contributed by atoms with Crippen molar-refractivity contribution in [1.29, 1.82) is 0 Å². The Hall–Kier alpha value is -1.27. The van der Waals surface area contributed by atoms with E-state index in [2.05, 4.69) is 31.4 Å². The summed E-state index contributed by atoms with van der Waals surface area (Å²) in [6.45, 7) is 3.16. The SMILES string of the molecule is CCCNC(Cc1nccn1C)c1cnns1. The summed E-state index contributed by atoms with van der Waals surface area (Å²) in [5.41, 5.74) is 0. The molecule has 0 aliphatic rings. The minimum Gasteiger partial charge on any atom is -0.338 e. The van der Waals surface area contributed by atoms with Crippen molar-refractivity contribution >= 4 is 11.5 Å². The van der Waals surface area contributed by atoms with E-state index >= 15 is 0 Å². The van der Waals surface area contributed by atoms with E-state index in [1.807, 2.05) is 25.6 Å². The van der Waals surface area contributed by atoms with Gasteiger partial charge in [-0.1, -0.05) is 11.4 Å². The summed E-state index contributed by atoms with van der Waals surface area (Å²) in [7, 11) is 2.02. The molecule has 92 valence electrons. The first-order valence-electron chi connectivity index (χ1n) is 5.78. The number of aryl methyl sites for hydroxylation is 1. The lowest BCUT2D eigenvalue weighted by Crippen LogP contribution is -2.24. The highest BCUT2D eigenvalue weighted by Gasteiger charge is 2.15. The maximum absolute atomic E-state index is 4.36. The molecule has 1 atom stereocenters. The van der Waals surface area contributed by atoms with Gasteiger partial charge in [-0.05, 0) is 24.5 Å². The van der Waals surface area contributed by atoms with Gasteiger partial charge in [-0.25, -0.2) is 4.98 Å². The minimum atomic E-state index is 0.260. The smallest absolute Gasteiger partial charge is 0.110 e. The van der Waals surface area contributed by atoms with Gasteiger partial charge in [-0.2, -0.15) is 0 Å². The molecule has 2 aromatic rings. The van der Waals surface area contributed by atoms with Crippen molar-refractivity contribution in [3.8, 4) is 0 Å². The maximum atomic E-state index is 4.36. The van der Waals surface area contributed by atoms with Crippen LogP contribution in [0.25, 0.3) is 0 Å². The molecule has 0 saturated heterocycles. The van der Waals surface area contributed by atoms with Gasteiger partial charge >= 0.3 is 0 Å². The first kappa shape index (κ1) is 12.2. The molecule has 0 amide bonds. The fourth-order valence-corrected chi connectivity index (χ4v) is 2.27. The number of aromatic nitrogens is 4. The zero-order chi connectivity index (χ0) is 12.1. The van der Waals surface area contributed by atoms with E-state index in [4.69, 9.17) is 0 Å². The third kappa shape index (κ3) is 3.10. The molecular weight excluding hydrogens is 234 g/mol. The second-order valence-corrected chi connectivity index (χ2v) is 4.80. The van der Waals surface area contributed by atoms with E-state index in [-0.39, 0.29) is 6.04 Å². The minimum absolute atomic E-state index is 0.260. The number of hydrogen-bond donors (Lipinski definition) is 1. The van der Waals surface area contributed by atoms with E-state index in [1.54, 1.807) is 0 Å². The molecule has 0 spiro atoms. The van der Waals surface area contributed by atoms with Gasteiger partial charge < -0.3 is 9.88 Å². The van der Waals surface area contributed by atoms with Crippen LogP contribution >= 0.6 is 11.5 Å². The Kier molecular flexibility index (Phi) is 4.22. The Bertz CT molecular complexity index is 436. The van der Waals surface area contributed by atoms with Crippen LogP contribution in [0.1, 0.15) is 30.1 Å². The molecule has 0 saturated carbocycles. The average Bonchev–Trinajstić information content (AvgIpc) is 2.96. The molecule has 1 unspecified atom stereocenters. The van der Waals surface area contributed by atoms with Gasteiger partial charge in [0.2, 0.25) is 0 Å². The second-order valence-electron chi connectivity index (χ2n) is 3.99. The van der Waals surface area contributed by atoms with Crippen LogP contribution in [-0.4, -0.2) is 25.7 Å². The summed E-state index contributed by atoms with van der Waals surface area (Å²) in [5, 5.41) is 7.42. The van der Waals surface area contributed by atoms with Crippen molar-refractivity contribution < 1.29 is 0 Å². The number of rotatable bonds is 6. The molecule has 1 N–H and O–H groups in total. The molecule has 2 rings (SSSR count). The van der Waals surface area contributed by atoms with Gasteiger partial charge in [-0.15, -0.1) is 5.10 Å². The molecule has 5 nitrogen and oxygen atoms in total. The Labute approximate surface area is 105 Å². The van der Waals surface area contributed by atoms with Crippen LogP contribution in [0, 0.1) is 0 Å². The number of nitrogens with zero attached hydrogens (tertiary/aromatic N) is 4. The highest BCUT2D eigenvalue weighted by molar-refractivity contribution is 7.05. The number of imidazole rings is 1. The first-order chi connectivity index (χ1) is 8.31. The van der Waals surface area contributed by atoms with Crippen LogP contribution < -0.4 is 5.32 Å². The lowest BCUT2D eigenvalue weighted by Gasteiger charge is -2.15. The number of hydrogen-bond acceptors (Lipinski definition) is 5. The molecule has 0 aromatic carbocycles. The lowest BCUT2D eigenvalue weighted by atomic mass is 10.1. The molecule has 0 aliphatic carbocycles. The van der Waals surface area contributed by atoms with Gasteiger partial charge in [0.15, 0.2) is 0 Å². The molecule has 0 bridgehead atoms. The summed E-state index contributed by atoms with van der Waals surface area (Å²) in [4.78, 5) is 5.53. The van der Waals surface area contributed by atoms with Crippen LogP contribution in [0.15, 0.2) is 18.6 Å². The van der Waals surface area contributed by atoms with E-state index in [0.29, 0.717) is 0 Å². The molecule has 2 heterocycles. The van der Waals surface area contributed by atoms with Crippen molar-refractivity contribution in [2.24, 2.45) is 7.05 Å². The van der Waals surface area contributed by atoms with Crippen molar-refractivity contribution in [3.63, 3.8) is 0 Å². The van der Waals surface area contributed by atoms with Crippen LogP contribution in [0.5, 0.6) is 0 Å². The largest absolute Gasteiger partial charge is 0.338 e. The summed E-state index contributed by atoms with van der Waals surface area (Å²) in [6.07, 6.45) is 7.62. The predicted molar refractivity (Wildman–Crippen MR) is 67.9 cm³/mol. The molecular formula is C11H17N5S. The van der Waals surface area contributed by atoms with E-state index < -0.39 is 0 Å². The fraction of sp³-hybridized carbons (Fsp3) is 0.545. The normalized spacial score (nSPS) is 12.8. The number of nitrogens with one attached hydrogen (secondary N) is 1. The average molecular weight is 251 g/mol. The van der Waals surface area contributed by atoms with Gasteiger partial charge in [-0.3, -0.25) is 0 Å². The molecule has 0 radical (unpaired) electrons. The molecule has 0 fully saturated rings. The van der Waals surface area contributed by atoms with Crippen molar-refractivity contribution in [3.05, 3.63) is 29.3 Å². The first-order valence-corrected chi connectivity index (χ1v) is 6.55. The van der Waals surface area contributed by atoms with Crippen LogP contribution in [0.2, 0.25) is 0 Å². The highest BCUT2D eigenvalue weighted by Crippen LogP contribution is 2.19. The standard InChI is InChI=1S/C11H17N5S/c1-3-4-12-9(10-8-14-15-17-10)7-11-13-5-6-16(11)2/h5-6,8-9,12H,3-4,7H2,1-2H3. The second kappa shape index (κ2) is 5.88. The Morgan fingerprint density at radius 2 is 2.41 bits per heavy atom.